The van der Waals surface area contributed by atoms with Crippen molar-refractivity contribution in [3.63, 3.8) is 0 Å². The quantitative estimate of drug-likeness (QED) is 0.425. The summed E-state index contributed by atoms with van der Waals surface area (Å²) in [6, 6.07) is 4.16. The van der Waals surface area contributed by atoms with Crippen LogP contribution in [-0.2, 0) is 25.5 Å². The molecule has 0 saturated heterocycles. The molecule has 1 aromatic rings. The molecular formula is C17H25NO6. The van der Waals surface area contributed by atoms with Crippen LogP contribution in [0.5, 0.6) is 11.5 Å². The third kappa shape index (κ3) is 5.42. The third-order valence-corrected chi connectivity index (χ3v) is 3.24. The first kappa shape index (κ1) is 19.8. The normalized spacial score (nSPS) is 15.2. The SMILES string of the molecule is C[C@@H](OC(=O)C(C)(C)C)OC(=O)[C@@](C)(N)Cc1ccc(O)c(O)c1. The van der Waals surface area contributed by atoms with Crippen molar-refractivity contribution < 1.29 is 29.3 Å². The number of aromatic hydroxyl groups is 2. The molecular weight excluding hydrogens is 314 g/mol. The molecule has 4 N–H and O–H groups in total. The number of hydrogen-bond acceptors (Lipinski definition) is 7. The molecule has 0 bridgehead atoms. The number of phenolic OH excluding ortho intramolecular Hbond substituents is 2. The minimum Gasteiger partial charge on any atom is -0.504 e. The lowest BCUT2D eigenvalue weighted by Gasteiger charge is -2.26. The van der Waals surface area contributed by atoms with Gasteiger partial charge in [0.05, 0.1) is 5.41 Å². The summed E-state index contributed by atoms with van der Waals surface area (Å²) in [5.74, 6) is -1.80. The van der Waals surface area contributed by atoms with E-state index in [0.29, 0.717) is 5.56 Å². The monoisotopic (exact) mass is 339 g/mol. The highest BCUT2D eigenvalue weighted by Crippen LogP contribution is 2.26. The van der Waals surface area contributed by atoms with E-state index in [2.05, 4.69) is 0 Å². The van der Waals surface area contributed by atoms with Crippen molar-refractivity contribution in [1.29, 1.82) is 0 Å². The number of benzene rings is 1. The molecule has 1 aromatic carbocycles. The van der Waals surface area contributed by atoms with E-state index in [1.165, 1.54) is 32.0 Å². The van der Waals surface area contributed by atoms with Crippen LogP contribution in [0.4, 0.5) is 0 Å². The molecule has 134 valence electrons. The van der Waals surface area contributed by atoms with Crippen molar-refractivity contribution in [3.8, 4) is 11.5 Å². The van der Waals surface area contributed by atoms with E-state index in [1.54, 1.807) is 20.8 Å². The van der Waals surface area contributed by atoms with Crippen LogP contribution in [0.25, 0.3) is 0 Å². The summed E-state index contributed by atoms with van der Waals surface area (Å²) >= 11 is 0. The Bertz CT molecular complexity index is 618. The number of ether oxygens (including phenoxy) is 2. The molecule has 0 heterocycles. The Hall–Kier alpha value is -2.28. The lowest BCUT2D eigenvalue weighted by molar-refractivity contribution is -0.193. The lowest BCUT2D eigenvalue weighted by atomic mass is 9.94. The smallest absolute Gasteiger partial charge is 0.329 e. The molecule has 7 nitrogen and oxygen atoms in total. The van der Waals surface area contributed by atoms with Gasteiger partial charge in [-0.1, -0.05) is 6.07 Å². The zero-order chi connectivity index (χ0) is 18.7. The van der Waals surface area contributed by atoms with E-state index in [4.69, 9.17) is 15.2 Å². The minimum atomic E-state index is -1.40. The first-order valence-electron chi connectivity index (χ1n) is 7.55. The number of esters is 2. The van der Waals surface area contributed by atoms with Crippen molar-refractivity contribution in [3.05, 3.63) is 23.8 Å². The molecule has 1 rings (SSSR count). The Balaban J connectivity index is 2.70. The van der Waals surface area contributed by atoms with Crippen LogP contribution in [-0.4, -0.2) is 34.0 Å². The molecule has 2 atom stereocenters. The molecule has 0 aliphatic rings. The van der Waals surface area contributed by atoms with Crippen molar-refractivity contribution in [2.75, 3.05) is 0 Å². The van der Waals surface area contributed by atoms with Crippen LogP contribution in [0.3, 0.4) is 0 Å². The Morgan fingerprint density at radius 3 is 2.12 bits per heavy atom. The maximum absolute atomic E-state index is 12.2. The van der Waals surface area contributed by atoms with Crippen LogP contribution < -0.4 is 5.73 Å². The van der Waals surface area contributed by atoms with Crippen LogP contribution in [0.1, 0.15) is 40.2 Å². The minimum absolute atomic E-state index is 0.0691. The van der Waals surface area contributed by atoms with Gasteiger partial charge in [0.25, 0.3) is 0 Å². The number of nitrogens with two attached hydrogens (primary N) is 1. The first-order chi connectivity index (χ1) is 10.8. The highest BCUT2D eigenvalue weighted by atomic mass is 16.7. The van der Waals surface area contributed by atoms with E-state index < -0.39 is 29.2 Å². The molecule has 0 amide bonds. The predicted molar refractivity (Wildman–Crippen MR) is 87.2 cm³/mol. The predicted octanol–water partition coefficient (Wildman–Crippen LogP) is 1.84. The highest BCUT2D eigenvalue weighted by molar-refractivity contribution is 5.81. The number of hydrogen-bond donors (Lipinski definition) is 3. The fraction of sp³-hybridized carbons (Fsp3) is 0.529. The number of carbonyl (C=O) groups excluding carboxylic acids is 2. The van der Waals surface area contributed by atoms with Gasteiger partial charge in [0.15, 0.2) is 11.5 Å². The fourth-order valence-electron chi connectivity index (χ4n) is 1.81. The van der Waals surface area contributed by atoms with Gasteiger partial charge < -0.3 is 25.4 Å². The van der Waals surface area contributed by atoms with Crippen molar-refractivity contribution in [1.82, 2.24) is 0 Å². The Morgan fingerprint density at radius 2 is 1.62 bits per heavy atom. The standard InChI is InChI=1S/C17H25NO6/c1-10(23-14(21)16(2,3)4)24-15(22)17(5,18)9-11-6-7-12(19)13(20)8-11/h6-8,10,19-20H,9,18H2,1-5H3/t10-,17-/m0/s1. The Morgan fingerprint density at radius 1 is 1.08 bits per heavy atom. The first-order valence-corrected chi connectivity index (χ1v) is 7.55. The number of rotatable bonds is 5. The van der Waals surface area contributed by atoms with Gasteiger partial charge in [-0.15, -0.1) is 0 Å². The van der Waals surface area contributed by atoms with Crippen LogP contribution >= 0.6 is 0 Å². The summed E-state index contributed by atoms with van der Waals surface area (Å²) in [5, 5.41) is 18.8. The second-order valence-electron chi connectivity index (χ2n) is 7.05. The molecule has 0 aliphatic heterocycles. The molecule has 0 radical (unpaired) electrons. The molecule has 24 heavy (non-hydrogen) atoms. The Labute approximate surface area is 141 Å². The van der Waals surface area contributed by atoms with E-state index in [1.807, 2.05) is 0 Å². The number of phenols is 2. The van der Waals surface area contributed by atoms with E-state index in [-0.39, 0.29) is 17.9 Å². The van der Waals surface area contributed by atoms with Crippen LogP contribution in [0.2, 0.25) is 0 Å². The molecule has 0 spiro atoms. The fourth-order valence-corrected chi connectivity index (χ4v) is 1.81. The molecule has 0 unspecified atom stereocenters. The molecule has 0 aromatic heterocycles. The van der Waals surface area contributed by atoms with Crippen LogP contribution in [0.15, 0.2) is 18.2 Å². The Kier molecular flexibility index (Phi) is 5.84. The zero-order valence-corrected chi connectivity index (χ0v) is 14.6. The molecule has 0 aliphatic carbocycles. The van der Waals surface area contributed by atoms with E-state index in [0.717, 1.165) is 0 Å². The summed E-state index contributed by atoms with van der Waals surface area (Å²) in [5.41, 5.74) is 4.42. The summed E-state index contributed by atoms with van der Waals surface area (Å²) < 4.78 is 10.1. The summed E-state index contributed by atoms with van der Waals surface area (Å²) in [6.07, 6.45) is -1.00. The van der Waals surface area contributed by atoms with E-state index >= 15 is 0 Å². The van der Waals surface area contributed by atoms with Crippen molar-refractivity contribution >= 4 is 11.9 Å². The highest BCUT2D eigenvalue weighted by Gasteiger charge is 2.33. The van der Waals surface area contributed by atoms with Crippen molar-refractivity contribution in [2.24, 2.45) is 11.1 Å². The van der Waals surface area contributed by atoms with Gasteiger partial charge in [-0.3, -0.25) is 4.79 Å². The maximum Gasteiger partial charge on any atom is 0.329 e. The molecule has 0 fully saturated rings. The zero-order valence-electron chi connectivity index (χ0n) is 14.6. The van der Waals surface area contributed by atoms with Crippen molar-refractivity contribution in [2.45, 2.75) is 52.9 Å². The summed E-state index contributed by atoms with van der Waals surface area (Å²) in [4.78, 5) is 24.0. The average Bonchev–Trinajstić information content (AvgIpc) is 2.41. The van der Waals surface area contributed by atoms with E-state index in [9.17, 15) is 19.8 Å². The molecule has 7 heteroatoms. The van der Waals surface area contributed by atoms with Gasteiger partial charge in [-0.2, -0.15) is 0 Å². The van der Waals surface area contributed by atoms with Gasteiger partial charge in [0.1, 0.15) is 5.54 Å². The second kappa shape index (κ2) is 7.09. The largest absolute Gasteiger partial charge is 0.504 e. The van der Waals surface area contributed by atoms with Gasteiger partial charge >= 0.3 is 11.9 Å². The number of carbonyl (C=O) groups is 2. The van der Waals surface area contributed by atoms with Crippen LogP contribution in [0, 0.1) is 5.41 Å². The van der Waals surface area contributed by atoms with Gasteiger partial charge in [0.2, 0.25) is 6.29 Å². The summed E-state index contributed by atoms with van der Waals surface area (Å²) in [6.45, 7) is 7.97. The lowest BCUT2D eigenvalue weighted by Crippen LogP contribution is -2.49. The molecule has 0 saturated carbocycles. The second-order valence-corrected chi connectivity index (χ2v) is 7.05. The van der Waals surface area contributed by atoms with Gasteiger partial charge in [-0.05, 0) is 45.4 Å². The maximum atomic E-state index is 12.2. The third-order valence-electron chi connectivity index (χ3n) is 3.24. The topological polar surface area (TPSA) is 119 Å². The van der Waals surface area contributed by atoms with Gasteiger partial charge in [-0.25, -0.2) is 4.79 Å². The van der Waals surface area contributed by atoms with Gasteiger partial charge in [0, 0.05) is 13.3 Å². The average molecular weight is 339 g/mol. The summed E-state index contributed by atoms with van der Waals surface area (Å²) in [7, 11) is 0.